The number of hydrogen-bond donors (Lipinski definition) is 1. The highest BCUT2D eigenvalue weighted by molar-refractivity contribution is 6.32. The number of rotatable bonds is 3. The smallest absolute Gasteiger partial charge is 0.270 e. The van der Waals surface area contributed by atoms with Crippen molar-refractivity contribution in [3.8, 4) is 16.9 Å². The Balaban J connectivity index is 1.99. The summed E-state index contributed by atoms with van der Waals surface area (Å²) in [6.45, 7) is 0. The molecule has 1 aliphatic heterocycles. The fraction of sp³-hybridized carbons (Fsp3) is 0.0909. The molecule has 0 radical (unpaired) electrons. The Morgan fingerprint density at radius 3 is 2.43 bits per heavy atom. The summed E-state index contributed by atoms with van der Waals surface area (Å²) in [6, 6.07) is 13.6. The van der Waals surface area contributed by atoms with E-state index in [0.717, 1.165) is 5.52 Å². The number of aromatic nitrogens is 1. The number of ether oxygens (including phenoxy) is 1. The molecule has 0 saturated heterocycles. The van der Waals surface area contributed by atoms with Crippen LogP contribution >= 0.6 is 0 Å². The van der Waals surface area contributed by atoms with Crippen molar-refractivity contribution in [2.45, 2.75) is 0 Å². The summed E-state index contributed by atoms with van der Waals surface area (Å²) >= 11 is 0. The molecule has 0 fully saturated rings. The van der Waals surface area contributed by atoms with E-state index in [0.29, 0.717) is 33.2 Å². The number of nitrogens with zero attached hydrogens (tertiary/aromatic N) is 2. The van der Waals surface area contributed by atoms with E-state index in [4.69, 9.17) is 4.74 Å². The molecule has 3 aromatic carbocycles. The lowest BCUT2D eigenvalue weighted by Crippen LogP contribution is -2.20. The van der Waals surface area contributed by atoms with Crippen molar-refractivity contribution >= 4 is 39.3 Å². The van der Waals surface area contributed by atoms with E-state index in [2.05, 4.69) is 5.32 Å². The highest BCUT2D eigenvalue weighted by Crippen LogP contribution is 2.42. The van der Waals surface area contributed by atoms with Gasteiger partial charge in [0.1, 0.15) is 5.75 Å². The minimum absolute atomic E-state index is 0.0812. The zero-order chi connectivity index (χ0) is 21.2. The number of non-ortho nitro benzene ring substituents is 1. The lowest BCUT2D eigenvalue weighted by atomic mass is 9.92. The number of methoxy groups -OCH3 is 1. The van der Waals surface area contributed by atoms with Gasteiger partial charge in [0.15, 0.2) is 0 Å². The third-order valence-corrected chi connectivity index (χ3v) is 5.57. The van der Waals surface area contributed by atoms with Gasteiger partial charge in [0.25, 0.3) is 17.5 Å². The first-order valence-electron chi connectivity index (χ1n) is 9.15. The number of carbonyl (C=O) groups excluding carboxylic acids is 2. The summed E-state index contributed by atoms with van der Waals surface area (Å²) < 4.78 is 7.33. The monoisotopic (exact) mass is 401 g/mol. The van der Waals surface area contributed by atoms with E-state index >= 15 is 0 Å². The number of fused-ring (bicyclic) bond motifs is 5. The molecule has 2 heterocycles. The second-order valence-electron chi connectivity index (χ2n) is 7.07. The number of nitro benzene ring substituents is 1. The van der Waals surface area contributed by atoms with Crippen LogP contribution in [-0.2, 0) is 7.05 Å². The highest BCUT2D eigenvalue weighted by atomic mass is 16.6. The fourth-order valence-electron chi connectivity index (χ4n) is 4.24. The molecule has 0 spiro atoms. The molecule has 8 nitrogen and oxygen atoms in total. The van der Waals surface area contributed by atoms with Gasteiger partial charge in [-0.15, -0.1) is 0 Å². The predicted octanol–water partition coefficient (Wildman–Crippen LogP) is 3.80. The Hall–Kier alpha value is -4.20. The van der Waals surface area contributed by atoms with E-state index < -0.39 is 16.7 Å². The largest absolute Gasteiger partial charge is 0.496 e. The third kappa shape index (κ3) is 2.27. The van der Waals surface area contributed by atoms with Gasteiger partial charge < -0.3 is 9.30 Å². The average molecular weight is 401 g/mol. The number of para-hydroxylation sites is 1. The van der Waals surface area contributed by atoms with Crippen LogP contribution in [0.15, 0.2) is 48.5 Å². The van der Waals surface area contributed by atoms with E-state index in [-0.39, 0.29) is 16.8 Å². The molecule has 30 heavy (non-hydrogen) atoms. The zero-order valence-corrected chi connectivity index (χ0v) is 16.1. The van der Waals surface area contributed by atoms with Crippen LogP contribution in [0.1, 0.15) is 20.7 Å². The molecule has 0 saturated carbocycles. The highest BCUT2D eigenvalue weighted by Gasteiger charge is 2.35. The quantitative estimate of drug-likeness (QED) is 0.319. The maximum absolute atomic E-state index is 12.8. The lowest BCUT2D eigenvalue weighted by Gasteiger charge is -2.12. The van der Waals surface area contributed by atoms with Gasteiger partial charge in [-0.3, -0.25) is 25.0 Å². The molecule has 1 aliphatic rings. The number of carbonyl (C=O) groups is 2. The molecule has 0 atom stereocenters. The van der Waals surface area contributed by atoms with Crippen LogP contribution in [0, 0.1) is 10.1 Å². The van der Waals surface area contributed by atoms with Crippen LogP contribution in [0.2, 0.25) is 0 Å². The van der Waals surface area contributed by atoms with Crippen molar-refractivity contribution in [3.05, 3.63) is 69.8 Å². The standard InChI is InChI=1S/C22H15N3O5/c1-24-15-8-7-11(25(28)29)9-14(15)18-16(24)10-13(12-5-3-4-6-17(12)30-2)19-20(18)22(27)23-21(19)26/h3-10H,1-2H3,(H,23,26,27). The molecule has 2 amide bonds. The topological polar surface area (TPSA) is 103 Å². The fourth-order valence-corrected chi connectivity index (χ4v) is 4.24. The summed E-state index contributed by atoms with van der Waals surface area (Å²) in [5.41, 5.74) is 3.05. The minimum atomic E-state index is -0.518. The second kappa shape index (κ2) is 6.15. The van der Waals surface area contributed by atoms with Crippen LogP contribution in [-0.4, -0.2) is 28.4 Å². The van der Waals surface area contributed by atoms with Gasteiger partial charge in [0, 0.05) is 46.6 Å². The van der Waals surface area contributed by atoms with Crippen LogP contribution in [0.3, 0.4) is 0 Å². The molecule has 148 valence electrons. The molecule has 1 aromatic heterocycles. The van der Waals surface area contributed by atoms with Crippen LogP contribution in [0.4, 0.5) is 5.69 Å². The predicted molar refractivity (Wildman–Crippen MR) is 111 cm³/mol. The van der Waals surface area contributed by atoms with Crippen molar-refractivity contribution < 1.29 is 19.2 Å². The van der Waals surface area contributed by atoms with Gasteiger partial charge in [-0.05, 0) is 18.2 Å². The molecule has 0 aliphatic carbocycles. The summed E-state index contributed by atoms with van der Waals surface area (Å²) in [7, 11) is 3.36. The summed E-state index contributed by atoms with van der Waals surface area (Å²) in [5, 5.41) is 14.7. The van der Waals surface area contributed by atoms with Gasteiger partial charge in [-0.2, -0.15) is 0 Å². The van der Waals surface area contributed by atoms with Crippen molar-refractivity contribution in [2.24, 2.45) is 7.05 Å². The average Bonchev–Trinajstić information content (AvgIpc) is 3.20. The second-order valence-corrected chi connectivity index (χ2v) is 7.07. The molecule has 4 aromatic rings. The van der Waals surface area contributed by atoms with Gasteiger partial charge in [-0.1, -0.05) is 18.2 Å². The Bertz CT molecular complexity index is 1430. The number of imide groups is 1. The SMILES string of the molecule is COc1ccccc1-c1cc2c(c3c1C(=O)NC3=O)c1cc([N+](=O)[O-])ccc1n2C. The van der Waals surface area contributed by atoms with Gasteiger partial charge >= 0.3 is 0 Å². The zero-order valence-electron chi connectivity index (χ0n) is 16.1. The van der Waals surface area contributed by atoms with Gasteiger partial charge in [0.2, 0.25) is 0 Å². The Labute approximate surface area is 169 Å². The maximum atomic E-state index is 12.8. The Kier molecular flexibility index (Phi) is 3.66. The van der Waals surface area contributed by atoms with Crippen LogP contribution in [0.5, 0.6) is 5.75 Å². The first-order chi connectivity index (χ1) is 14.4. The molecule has 0 unspecified atom stereocenters. The van der Waals surface area contributed by atoms with Gasteiger partial charge in [0.05, 0.1) is 28.7 Å². The van der Waals surface area contributed by atoms with E-state index in [9.17, 15) is 19.7 Å². The first-order valence-corrected chi connectivity index (χ1v) is 9.15. The third-order valence-electron chi connectivity index (χ3n) is 5.57. The van der Waals surface area contributed by atoms with E-state index in [1.807, 2.05) is 35.9 Å². The van der Waals surface area contributed by atoms with Crippen LogP contribution in [0.25, 0.3) is 32.9 Å². The molecule has 8 heteroatoms. The van der Waals surface area contributed by atoms with Gasteiger partial charge in [-0.25, -0.2) is 0 Å². The van der Waals surface area contributed by atoms with E-state index in [1.165, 1.54) is 12.1 Å². The number of aryl methyl sites for hydroxylation is 1. The molecule has 5 rings (SSSR count). The first kappa shape index (κ1) is 17.9. The molecule has 0 bridgehead atoms. The number of nitro groups is 1. The maximum Gasteiger partial charge on any atom is 0.270 e. The number of hydrogen-bond acceptors (Lipinski definition) is 5. The van der Waals surface area contributed by atoms with E-state index in [1.54, 1.807) is 19.2 Å². The summed E-state index contributed by atoms with van der Waals surface area (Å²) in [5.74, 6) is -0.448. The number of benzene rings is 3. The van der Waals surface area contributed by atoms with Crippen LogP contribution < -0.4 is 10.1 Å². The summed E-state index contributed by atoms with van der Waals surface area (Å²) in [4.78, 5) is 36.4. The number of amides is 2. The van der Waals surface area contributed by atoms with Crippen molar-refractivity contribution in [1.29, 1.82) is 0 Å². The van der Waals surface area contributed by atoms with Crippen molar-refractivity contribution in [2.75, 3.05) is 7.11 Å². The molecular weight excluding hydrogens is 386 g/mol. The molecular formula is C22H15N3O5. The van der Waals surface area contributed by atoms with Crippen molar-refractivity contribution in [3.63, 3.8) is 0 Å². The summed E-state index contributed by atoms with van der Waals surface area (Å²) in [6.07, 6.45) is 0. The lowest BCUT2D eigenvalue weighted by molar-refractivity contribution is -0.384. The van der Waals surface area contributed by atoms with Crippen molar-refractivity contribution in [1.82, 2.24) is 9.88 Å². The Morgan fingerprint density at radius 1 is 0.967 bits per heavy atom. The Morgan fingerprint density at radius 2 is 1.70 bits per heavy atom. The minimum Gasteiger partial charge on any atom is -0.496 e. The normalized spacial score (nSPS) is 13.0. The molecule has 1 N–H and O–H groups in total. The number of nitrogens with one attached hydrogen (secondary N) is 1.